The third kappa shape index (κ3) is 3.75. The van der Waals surface area contributed by atoms with E-state index in [9.17, 15) is 9.59 Å². The minimum absolute atomic E-state index is 0.276. The molecule has 2 heterocycles. The van der Waals surface area contributed by atoms with Crippen LogP contribution >= 0.6 is 0 Å². The highest BCUT2D eigenvalue weighted by Gasteiger charge is 2.14. The van der Waals surface area contributed by atoms with Gasteiger partial charge in [0.05, 0.1) is 25.4 Å². The number of rotatable bonds is 5. The van der Waals surface area contributed by atoms with Gasteiger partial charge in [-0.2, -0.15) is 5.10 Å². The number of aromatic nitrogens is 2. The van der Waals surface area contributed by atoms with Crippen molar-refractivity contribution >= 4 is 28.9 Å². The number of nitrogens with one attached hydrogen (secondary N) is 2. The molecule has 0 aliphatic rings. The number of hydrogen-bond donors (Lipinski definition) is 2. The number of hydrogen-bond acceptors (Lipinski definition) is 5. The fraction of sp³-hybridized carbons (Fsp3) is 0.167. The predicted molar refractivity (Wildman–Crippen MR) is 96.8 cm³/mol. The van der Waals surface area contributed by atoms with Crippen molar-refractivity contribution < 1.29 is 19.1 Å². The van der Waals surface area contributed by atoms with Gasteiger partial charge in [0.15, 0.2) is 0 Å². The number of fused-ring (bicyclic) bond motifs is 1. The van der Waals surface area contributed by atoms with Gasteiger partial charge in [0.1, 0.15) is 11.3 Å². The Morgan fingerprint density at radius 1 is 1.12 bits per heavy atom. The second-order valence-corrected chi connectivity index (χ2v) is 5.33. The fourth-order valence-corrected chi connectivity index (χ4v) is 2.39. The van der Waals surface area contributed by atoms with Crippen LogP contribution in [0, 0.1) is 0 Å². The van der Waals surface area contributed by atoms with Gasteiger partial charge in [0, 0.05) is 17.6 Å². The Morgan fingerprint density at radius 3 is 2.54 bits per heavy atom. The fourth-order valence-electron chi connectivity index (χ4n) is 2.39. The van der Waals surface area contributed by atoms with E-state index in [1.54, 1.807) is 61.1 Å². The Hall–Kier alpha value is -3.55. The van der Waals surface area contributed by atoms with Gasteiger partial charge >= 0.3 is 12.0 Å². The first-order valence-electron chi connectivity index (χ1n) is 7.97. The SMILES string of the molecule is CCOC(=O)c1cnn2ccc(NC(=O)Nc3ccc(OC)cc3)cc12. The molecule has 0 fully saturated rings. The van der Waals surface area contributed by atoms with Gasteiger partial charge in [-0.05, 0) is 43.3 Å². The normalized spacial score (nSPS) is 10.4. The minimum atomic E-state index is -0.456. The molecule has 26 heavy (non-hydrogen) atoms. The van der Waals surface area contributed by atoms with Crippen molar-refractivity contribution in [3.8, 4) is 5.75 Å². The Bertz CT molecular complexity index is 934. The number of methoxy groups -OCH3 is 1. The molecule has 0 saturated heterocycles. The zero-order valence-electron chi connectivity index (χ0n) is 14.4. The second kappa shape index (κ2) is 7.56. The molecule has 1 aromatic carbocycles. The molecule has 0 unspecified atom stereocenters. The maximum Gasteiger partial charge on any atom is 0.341 e. The Balaban J connectivity index is 1.74. The van der Waals surface area contributed by atoms with Crippen molar-refractivity contribution in [2.75, 3.05) is 24.4 Å². The molecule has 0 aliphatic carbocycles. The zero-order valence-corrected chi connectivity index (χ0v) is 14.4. The lowest BCUT2D eigenvalue weighted by Gasteiger charge is -2.09. The standard InChI is InChI=1S/C18H18N4O4/c1-3-26-17(23)15-11-19-22-9-8-13(10-16(15)22)21-18(24)20-12-4-6-14(25-2)7-5-12/h4-11H,3H2,1-2H3,(H2,20,21,24). The minimum Gasteiger partial charge on any atom is -0.497 e. The van der Waals surface area contributed by atoms with Crippen molar-refractivity contribution in [3.05, 3.63) is 54.4 Å². The molecule has 2 amide bonds. The summed E-state index contributed by atoms with van der Waals surface area (Å²) in [6.07, 6.45) is 3.09. The number of anilines is 2. The molecule has 0 radical (unpaired) electrons. The number of benzene rings is 1. The Labute approximate surface area is 149 Å². The summed E-state index contributed by atoms with van der Waals surface area (Å²) in [5.41, 5.74) is 2.03. The lowest BCUT2D eigenvalue weighted by Crippen LogP contribution is -2.19. The summed E-state index contributed by atoms with van der Waals surface area (Å²) in [6.45, 7) is 2.01. The maximum absolute atomic E-state index is 12.2. The van der Waals surface area contributed by atoms with Crippen molar-refractivity contribution in [3.63, 3.8) is 0 Å². The molecule has 0 saturated carbocycles. The Morgan fingerprint density at radius 2 is 1.85 bits per heavy atom. The molecular weight excluding hydrogens is 336 g/mol. The molecule has 0 bridgehead atoms. The summed E-state index contributed by atoms with van der Waals surface area (Å²) in [5.74, 6) is 0.246. The van der Waals surface area contributed by atoms with E-state index in [1.807, 2.05) is 0 Å². The highest BCUT2D eigenvalue weighted by molar-refractivity contribution is 6.01. The van der Waals surface area contributed by atoms with E-state index in [1.165, 1.54) is 6.20 Å². The van der Waals surface area contributed by atoms with Crippen LogP contribution in [0.25, 0.3) is 5.52 Å². The first-order chi connectivity index (χ1) is 12.6. The highest BCUT2D eigenvalue weighted by Crippen LogP contribution is 2.18. The number of esters is 1. The van der Waals surface area contributed by atoms with Gasteiger partial charge in [-0.3, -0.25) is 0 Å². The number of ether oxygens (including phenoxy) is 2. The monoisotopic (exact) mass is 354 g/mol. The molecule has 0 atom stereocenters. The van der Waals surface area contributed by atoms with Crippen LogP contribution in [0.4, 0.5) is 16.2 Å². The zero-order chi connectivity index (χ0) is 18.5. The highest BCUT2D eigenvalue weighted by atomic mass is 16.5. The average Bonchev–Trinajstić information content (AvgIpc) is 3.06. The molecule has 0 spiro atoms. The smallest absolute Gasteiger partial charge is 0.341 e. The van der Waals surface area contributed by atoms with E-state index in [2.05, 4.69) is 15.7 Å². The van der Waals surface area contributed by atoms with Crippen LogP contribution in [0.15, 0.2) is 48.8 Å². The van der Waals surface area contributed by atoms with Crippen molar-refractivity contribution in [1.29, 1.82) is 0 Å². The quantitative estimate of drug-likeness (QED) is 0.687. The van der Waals surface area contributed by atoms with Gasteiger partial charge in [0.25, 0.3) is 0 Å². The van der Waals surface area contributed by atoms with Gasteiger partial charge in [-0.1, -0.05) is 0 Å². The van der Waals surface area contributed by atoms with Crippen molar-refractivity contribution in [2.24, 2.45) is 0 Å². The molecule has 2 N–H and O–H groups in total. The van der Waals surface area contributed by atoms with E-state index in [4.69, 9.17) is 9.47 Å². The molecular formula is C18H18N4O4. The van der Waals surface area contributed by atoms with Crippen LogP contribution in [-0.4, -0.2) is 35.3 Å². The largest absolute Gasteiger partial charge is 0.497 e. The summed E-state index contributed by atoms with van der Waals surface area (Å²) in [5, 5.41) is 9.55. The third-order valence-corrected chi connectivity index (χ3v) is 3.62. The topological polar surface area (TPSA) is 94.0 Å². The van der Waals surface area contributed by atoms with Crippen LogP contribution in [0.5, 0.6) is 5.75 Å². The molecule has 8 heteroatoms. The van der Waals surface area contributed by atoms with E-state index >= 15 is 0 Å². The van der Waals surface area contributed by atoms with Gasteiger partial charge in [-0.25, -0.2) is 14.1 Å². The predicted octanol–water partition coefficient (Wildman–Crippen LogP) is 3.16. The number of pyridine rings is 1. The maximum atomic E-state index is 12.2. The van der Waals surface area contributed by atoms with Crippen LogP contribution < -0.4 is 15.4 Å². The van der Waals surface area contributed by atoms with Crippen molar-refractivity contribution in [2.45, 2.75) is 6.92 Å². The summed E-state index contributed by atoms with van der Waals surface area (Å²) in [4.78, 5) is 24.1. The van der Waals surface area contributed by atoms with Gasteiger partial charge in [-0.15, -0.1) is 0 Å². The van der Waals surface area contributed by atoms with Gasteiger partial charge in [0.2, 0.25) is 0 Å². The van der Waals surface area contributed by atoms with E-state index < -0.39 is 12.0 Å². The van der Waals surface area contributed by atoms with Crippen LogP contribution in [0.3, 0.4) is 0 Å². The molecule has 0 aliphatic heterocycles. The number of amides is 2. The number of carbonyl (C=O) groups excluding carboxylic acids is 2. The first-order valence-corrected chi connectivity index (χ1v) is 7.97. The van der Waals surface area contributed by atoms with Crippen LogP contribution in [0.2, 0.25) is 0 Å². The summed E-state index contributed by atoms with van der Waals surface area (Å²) in [6, 6.07) is 9.90. The van der Waals surface area contributed by atoms with E-state index in [0.29, 0.717) is 28.2 Å². The van der Waals surface area contributed by atoms with Crippen molar-refractivity contribution in [1.82, 2.24) is 9.61 Å². The first kappa shape index (κ1) is 17.3. The Kier molecular flexibility index (Phi) is 5.02. The van der Waals surface area contributed by atoms with Crippen LogP contribution in [0.1, 0.15) is 17.3 Å². The van der Waals surface area contributed by atoms with Gasteiger partial charge < -0.3 is 20.1 Å². The average molecular weight is 354 g/mol. The lowest BCUT2D eigenvalue weighted by atomic mass is 10.2. The molecule has 8 nitrogen and oxygen atoms in total. The summed E-state index contributed by atoms with van der Waals surface area (Å²) in [7, 11) is 1.58. The number of nitrogens with zero attached hydrogens (tertiary/aromatic N) is 2. The lowest BCUT2D eigenvalue weighted by molar-refractivity contribution is 0.0528. The molecule has 3 rings (SSSR count). The molecule has 2 aromatic heterocycles. The second-order valence-electron chi connectivity index (χ2n) is 5.33. The van der Waals surface area contributed by atoms with Crippen LogP contribution in [-0.2, 0) is 4.74 Å². The molecule has 3 aromatic rings. The summed E-state index contributed by atoms with van der Waals surface area (Å²) >= 11 is 0. The molecule has 134 valence electrons. The number of carbonyl (C=O) groups is 2. The summed E-state index contributed by atoms with van der Waals surface area (Å²) < 4.78 is 11.6. The third-order valence-electron chi connectivity index (χ3n) is 3.62. The van der Waals surface area contributed by atoms with E-state index in [-0.39, 0.29) is 6.61 Å². The van der Waals surface area contributed by atoms with E-state index in [0.717, 1.165) is 0 Å². The number of urea groups is 1.